The van der Waals surface area contributed by atoms with Crippen LogP contribution in [0.4, 0.5) is 0 Å². The summed E-state index contributed by atoms with van der Waals surface area (Å²) in [4.78, 5) is 0. The molecule has 0 unspecified atom stereocenters. The first-order valence-corrected chi connectivity index (χ1v) is 5.61. The van der Waals surface area contributed by atoms with Gasteiger partial charge in [-0.15, -0.1) is 0 Å². The van der Waals surface area contributed by atoms with E-state index in [9.17, 15) is 0 Å². The van der Waals surface area contributed by atoms with Crippen LogP contribution in [0.15, 0.2) is 54.9 Å². The van der Waals surface area contributed by atoms with Gasteiger partial charge in [0.1, 0.15) is 0 Å². The lowest BCUT2D eigenvalue weighted by Gasteiger charge is -2.07. The molecule has 0 saturated heterocycles. The molecule has 0 aliphatic carbocycles. The van der Waals surface area contributed by atoms with Crippen LogP contribution in [0.3, 0.4) is 0 Å². The molecule has 0 aliphatic rings. The van der Waals surface area contributed by atoms with Gasteiger partial charge in [-0.05, 0) is 35.7 Å². The van der Waals surface area contributed by atoms with Gasteiger partial charge < -0.3 is 0 Å². The van der Waals surface area contributed by atoms with E-state index in [2.05, 4.69) is 53.5 Å². The van der Waals surface area contributed by atoms with Crippen molar-refractivity contribution in [2.45, 2.75) is 6.92 Å². The third-order valence-electron chi connectivity index (χ3n) is 2.98. The van der Waals surface area contributed by atoms with Gasteiger partial charge in [-0.3, -0.25) is 0 Å². The van der Waals surface area contributed by atoms with Crippen molar-refractivity contribution in [2.75, 3.05) is 0 Å². The summed E-state index contributed by atoms with van der Waals surface area (Å²) in [6.07, 6.45) is 3.61. The Balaban J connectivity index is 2.27. The van der Waals surface area contributed by atoms with E-state index in [4.69, 9.17) is 0 Å². The van der Waals surface area contributed by atoms with Gasteiger partial charge in [0.25, 0.3) is 0 Å². The smallest absolute Gasteiger partial charge is 0.0574 e. The van der Waals surface area contributed by atoms with Crippen molar-refractivity contribution < 1.29 is 0 Å². The molecule has 0 aliphatic heterocycles. The van der Waals surface area contributed by atoms with Gasteiger partial charge in [0.05, 0.1) is 12.4 Å². The van der Waals surface area contributed by atoms with Crippen molar-refractivity contribution in [1.82, 2.24) is 10.2 Å². The van der Waals surface area contributed by atoms with Crippen LogP contribution in [0.5, 0.6) is 0 Å². The molecule has 2 heteroatoms. The number of nitrogens with zero attached hydrogens (tertiary/aromatic N) is 2. The van der Waals surface area contributed by atoms with Gasteiger partial charge in [-0.2, -0.15) is 10.2 Å². The lowest BCUT2D eigenvalue weighted by Crippen LogP contribution is -1.86. The van der Waals surface area contributed by atoms with E-state index in [1.54, 1.807) is 12.4 Å². The maximum absolute atomic E-state index is 3.93. The van der Waals surface area contributed by atoms with E-state index < -0.39 is 0 Å². The summed E-state index contributed by atoms with van der Waals surface area (Å²) in [6.45, 7) is 2.13. The van der Waals surface area contributed by atoms with Crippen LogP contribution < -0.4 is 0 Å². The summed E-state index contributed by atoms with van der Waals surface area (Å²) in [5, 5.41) is 10.1. The molecule has 0 N–H and O–H groups in total. The van der Waals surface area contributed by atoms with Gasteiger partial charge in [0.2, 0.25) is 0 Å². The third kappa shape index (κ3) is 1.78. The Hall–Kier alpha value is -2.22. The fourth-order valence-corrected chi connectivity index (χ4v) is 2.09. The largest absolute Gasteiger partial charge is 0.158 e. The number of rotatable bonds is 1. The van der Waals surface area contributed by atoms with E-state index in [0.717, 1.165) is 10.8 Å². The molecule has 0 spiro atoms. The summed E-state index contributed by atoms with van der Waals surface area (Å²) in [7, 11) is 0. The lowest BCUT2D eigenvalue weighted by molar-refractivity contribution is 1.05. The summed E-state index contributed by atoms with van der Waals surface area (Å²) in [5.74, 6) is 0. The molecule has 0 saturated carbocycles. The first-order chi connectivity index (χ1) is 8.34. The Bertz CT molecular complexity index is 660. The zero-order valence-electron chi connectivity index (χ0n) is 9.59. The average Bonchev–Trinajstić information content (AvgIpc) is 2.39. The van der Waals surface area contributed by atoms with Crippen LogP contribution in [-0.2, 0) is 0 Å². The molecule has 82 valence electrons. The summed E-state index contributed by atoms with van der Waals surface area (Å²) in [6, 6.07) is 14.7. The Morgan fingerprint density at radius 1 is 0.824 bits per heavy atom. The fourth-order valence-electron chi connectivity index (χ4n) is 2.09. The first-order valence-electron chi connectivity index (χ1n) is 5.61. The van der Waals surface area contributed by atoms with Gasteiger partial charge in [-0.1, -0.05) is 30.3 Å². The number of benzene rings is 2. The summed E-state index contributed by atoms with van der Waals surface area (Å²) >= 11 is 0. The normalized spacial score (nSPS) is 10.6. The van der Waals surface area contributed by atoms with E-state index in [1.807, 2.05) is 6.07 Å². The molecule has 0 fully saturated rings. The number of aromatic nitrogens is 2. The predicted octanol–water partition coefficient (Wildman–Crippen LogP) is 3.61. The monoisotopic (exact) mass is 220 g/mol. The molecule has 0 bridgehead atoms. The van der Waals surface area contributed by atoms with Crippen molar-refractivity contribution in [3.63, 3.8) is 0 Å². The van der Waals surface area contributed by atoms with Crippen LogP contribution >= 0.6 is 0 Å². The summed E-state index contributed by atoms with van der Waals surface area (Å²) in [5.41, 5.74) is 3.76. The summed E-state index contributed by atoms with van der Waals surface area (Å²) < 4.78 is 0. The van der Waals surface area contributed by atoms with Crippen LogP contribution in [0.2, 0.25) is 0 Å². The van der Waals surface area contributed by atoms with E-state index >= 15 is 0 Å². The Labute approximate surface area is 99.9 Å². The highest BCUT2D eigenvalue weighted by atomic mass is 15.1. The molecule has 1 aromatic heterocycles. The van der Waals surface area contributed by atoms with Gasteiger partial charge in [0.15, 0.2) is 0 Å². The molecule has 17 heavy (non-hydrogen) atoms. The first kappa shape index (κ1) is 9.97. The van der Waals surface area contributed by atoms with Crippen molar-refractivity contribution in [3.05, 3.63) is 60.4 Å². The second-order valence-corrected chi connectivity index (χ2v) is 4.15. The molecule has 1 heterocycles. The number of hydrogen-bond acceptors (Lipinski definition) is 2. The standard InChI is InChI=1S/C15H12N2/c1-11-7-13-9-16-17-10-14(13)8-15(11)12-5-3-2-4-6-12/h2-10H,1H3. The number of fused-ring (bicyclic) bond motifs is 1. The minimum atomic E-state index is 1.13. The molecule has 3 rings (SSSR count). The van der Waals surface area contributed by atoms with Crippen LogP contribution in [0.1, 0.15) is 5.56 Å². The maximum atomic E-state index is 3.93. The van der Waals surface area contributed by atoms with Crippen LogP contribution in [-0.4, -0.2) is 10.2 Å². The molecule has 0 atom stereocenters. The van der Waals surface area contributed by atoms with Crippen molar-refractivity contribution in [2.24, 2.45) is 0 Å². The van der Waals surface area contributed by atoms with Gasteiger partial charge >= 0.3 is 0 Å². The Kier molecular flexibility index (Phi) is 2.33. The highest BCUT2D eigenvalue weighted by Crippen LogP contribution is 2.27. The predicted molar refractivity (Wildman–Crippen MR) is 69.7 cm³/mol. The van der Waals surface area contributed by atoms with Crippen molar-refractivity contribution in [3.8, 4) is 11.1 Å². The molecule has 3 aromatic rings. The molecular weight excluding hydrogens is 208 g/mol. The highest BCUT2D eigenvalue weighted by Gasteiger charge is 2.03. The second kappa shape index (κ2) is 3.98. The molecule has 0 amide bonds. The van der Waals surface area contributed by atoms with Crippen molar-refractivity contribution in [1.29, 1.82) is 0 Å². The Morgan fingerprint density at radius 2 is 1.47 bits per heavy atom. The van der Waals surface area contributed by atoms with E-state index in [-0.39, 0.29) is 0 Å². The molecular formula is C15H12N2. The minimum absolute atomic E-state index is 1.13. The molecule has 0 radical (unpaired) electrons. The lowest BCUT2D eigenvalue weighted by atomic mass is 9.98. The molecule has 2 aromatic carbocycles. The maximum Gasteiger partial charge on any atom is 0.0574 e. The SMILES string of the molecule is Cc1cc2cnncc2cc1-c1ccccc1. The van der Waals surface area contributed by atoms with E-state index in [1.165, 1.54) is 16.7 Å². The average molecular weight is 220 g/mol. The van der Waals surface area contributed by atoms with Crippen LogP contribution in [0.25, 0.3) is 21.9 Å². The van der Waals surface area contributed by atoms with Gasteiger partial charge in [0, 0.05) is 10.8 Å². The minimum Gasteiger partial charge on any atom is -0.158 e. The van der Waals surface area contributed by atoms with Crippen molar-refractivity contribution >= 4 is 10.8 Å². The third-order valence-corrected chi connectivity index (χ3v) is 2.98. The van der Waals surface area contributed by atoms with Gasteiger partial charge in [-0.25, -0.2) is 0 Å². The topological polar surface area (TPSA) is 25.8 Å². The highest BCUT2D eigenvalue weighted by molar-refractivity contribution is 5.87. The van der Waals surface area contributed by atoms with Crippen LogP contribution in [0, 0.1) is 6.92 Å². The second-order valence-electron chi connectivity index (χ2n) is 4.15. The fraction of sp³-hybridized carbons (Fsp3) is 0.0667. The zero-order valence-corrected chi connectivity index (χ0v) is 9.59. The van der Waals surface area contributed by atoms with E-state index in [0.29, 0.717) is 0 Å². The molecule has 2 nitrogen and oxygen atoms in total. The quantitative estimate of drug-likeness (QED) is 0.626. The number of hydrogen-bond donors (Lipinski definition) is 0. The zero-order chi connectivity index (χ0) is 11.7. The Morgan fingerprint density at radius 3 is 2.18 bits per heavy atom. The number of aryl methyl sites for hydroxylation is 1.